The lowest BCUT2D eigenvalue weighted by atomic mass is 10.1. The molecular weight excluding hydrogens is 518 g/mol. The van der Waals surface area contributed by atoms with E-state index < -0.39 is 0 Å². The van der Waals surface area contributed by atoms with Gasteiger partial charge in [-0.15, -0.1) is 0 Å². The third-order valence-electron chi connectivity index (χ3n) is 7.06. The summed E-state index contributed by atoms with van der Waals surface area (Å²) in [6.07, 6.45) is 5.12. The number of hydrogen-bond acceptors (Lipinski definition) is 11. The van der Waals surface area contributed by atoms with Crippen molar-refractivity contribution in [2.75, 3.05) is 4.90 Å². The SMILES string of the molecule is C1=NCc2ccccc2N1C1=NC2=NC(n3cnc4ccccc43)=NC3=NC(n4cnc5ccccc54)=NC(=N1)N23. The minimum absolute atomic E-state index is 0.333. The molecule has 5 aromatic rings. The average molecular weight is 536 g/mol. The Balaban J connectivity index is 1.26. The van der Waals surface area contributed by atoms with Crippen LogP contribution < -0.4 is 4.90 Å². The van der Waals surface area contributed by atoms with Gasteiger partial charge in [-0.1, -0.05) is 42.5 Å². The predicted octanol–water partition coefficient (Wildman–Crippen LogP) is 3.31. The number of aliphatic imine (C=N–C) groups is 7. The molecule has 41 heavy (non-hydrogen) atoms. The summed E-state index contributed by atoms with van der Waals surface area (Å²) in [6, 6.07) is 23.6. The first-order valence-corrected chi connectivity index (χ1v) is 12.8. The number of benzene rings is 3. The number of anilines is 1. The summed E-state index contributed by atoms with van der Waals surface area (Å²) < 4.78 is 3.64. The van der Waals surface area contributed by atoms with E-state index in [1.807, 2.05) is 86.8 Å². The van der Waals surface area contributed by atoms with Gasteiger partial charge in [0.15, 0.2) is 0 Å². The molecule has 4 aliphatic heterocycles. The summed E-state index contributed by atoms with van der Waals surface area (Å²) >= 11 is 0. The lowest BCUT2D eigenvalue weighted by Gasteiger charge is -2.32. The molecule has 0 saturated heterocycles. The van der Waals surface area contributed by atoms with Crippen molar-refractivity contribution in [1.29, 1.82) is 0 Å². The van der Waals surface area contributed by atoms with E-state index in [-0.39, 0.29) is 0 Å². The maximum absolute atomic E-state index is 4.84. The zero-order valence-corrected chi connectivity index (χ0v) is 21.2. The van der Waals surface area contributed by atoms with Crippen LogP contribution in [-0.2, 0) is 6.54 Å². The number of fused-ring (bicyclic) bond motifs is 3. The van der Waals surface area contributed by atoms with Gasteiger partial charge in [0.2, 0.25) is 35.8 Å². The second-order valence-corrected chi connectivity index (χ2v) is 9.47. The molecule has 0 fully saturated rings. The molecule has 6 heterocycles. The zero-order chi connectivity index (χ0) is 26.9. The Bertz CT molecular complexity index is 2080. The first-order chi connectivity index (χ1) is 20.3. The van der Waals surface area contributed by atoms with Crippen molar-refractivity contribution in [2.24, 2.45) is 34.9 Å². The highest BCUT2D eigenvalue weighted by Crippen LogP contribution is 2.27. The fourth-order valence-electron chi connectivity index (χ4n) is 5.14. The minimum atomic E-state index is 0.333. The molecule has 2 aromatic heterocycles. The van der Waals surface area contributed by atoms with Gasteiger partial charge in [-0.05, 0) is 35.9 Å². The van der Waals surface area contributed by atoms with Crippen molar-refractivity contribution in [3.8, 4) is 0 Å². The Morgan fingerprint density at radius 1 is 0.512 bits per heavy atom. The maximum atomic E-state index is 4.84. The standard InChI is InChI=1S/C28H17N13/c1-4-10-20-17(7-1)13-29-14-38(20)23-32-26-34-24(39-15-30-18-8-2-5-11-21(18)39)36-28-37-25(35-27(33-23)41(26)28)40-16-31-19-9-3-6-12-22(19)40/h1-12,14-16H,13H2. The van der Waals surface area contributed by atoms with Gasteiger partial charge in [-0.3, -0.25) is 19.0 Å². The van der Waals surface area contributed by atoms with Crippen molar-refractivity contribution in [1.82, 2.24) is 24.0 Å². The van der Waals surface area contributed by atoms with Gasteiger partial charge in [-0.2, -0.15) is 30.0 Å². The van der Waals surface area contributed by atoms with Crippen molar-refractivity contribution >= 4 is 69.9 Å². The zero-order valence-electron chi connectivity index (χ0n) is 21.2. The van der Waals surface area contributed by atoms with E-state index in [1.54, 1.807) is 23.9 Å². The smallest absolute Gasteiger partial charge is 0.246 e. The average Bonchev–Trinajstić information content (AvgIpc) is 3.65. The van der Waals surface area contributed by atoms with Crippen LogP contribution in [0.3, 0.4) is 0 Å². The fourth-order valence-corrected chi connectivity index (χ4v) is 5.14. The molecule has 3 aromatic carbocycles. The van der Waals surface area contributed by atoms with Crippen LogP contribution in [0, 0.1) is 0 Å². The molecule has 0 radical (unpaired) electrons. The van der Waals surface area contributed by atoms with E-state index in [2.05, 4.69) is 15.0 Å². The number of rotatable bonds is 0. The lowest BCUT2D eigenvalue weighted by molar-refractivity contribution is 0.814. The van der Waals surface area contributed by atoms with E-state index in [4.69, 9.17) is 30.0 Å². The number of aromatic nitrogens is 4. The number of nitrogens with zero attached hydrogens (tertiary/aromatic N) is 13. The van der Waals surface area contributed by atoms with E-state index in [0.717, 1.165) is 33.3 Å². The first kappa shape index (κ1) is 21.8. The molecule has 0 atom stereocenters. The summed E-state index contributed by atoms with van der Waals surface area (Å²) in [4.78, 5) is 46.0. The molecule has 0 spiro atoms. The minimum Gasteiger partial charge on any atom is -0.270 e. The fraction of sp³-hybridized carbons (Fsp3) is 0.0357. The molecule has 0 saturated carbocycles. The lowest BCUT2D eigenvalue weighted by Crippen LogP contribution is -2.50. The quantitative estimate of drug-likeness (QED) is 0.301. The van der Waals surface area contributed by atoms with Gasteiger partial charge >= 0.3 is 0 Å². The molecule has 194 valence electrons. The van der Waals surface area contributed by atoms with Gasteiger partial charge in [-0.25, -0.2) is 14.9 Å². The van der Waals surface area contributed by atoms with Gasteiger partial charge in [0.1, 0.15) is 12.7 Å². The first-order valence-electron chi connectivity index (χ1n) is 12.8. The third-order valence-corrected chi connectivity index (χ3v) is 7.06. The Morgan fingerprint density at radius 2 is 1.02 bits per heavy atom. The van der Waals surface area contributed by atoms with E-state index >= 15 is 0 Å². The largest absolute Gasteiger partial charge is 0.270 e. The molecular formula is C28H17N13. The van der Waals surface area contributed by atoms with Gasteiger partial charge in [0.25, 0.3) is 0 Å². The van der Waals surface area contributed by atoms with Crippen LogP contribution in [-0.4, -0.2) is 66.1 Å². The third kappa shape index (κ3) is 3.26. The summed E-state index contributed by atoms with van der Waals surface area (Å²) in [7, 11) is 0. The van der Waals surface area contributed by atoms with Crippen LogP contribution in [0.1, 0.15) is 5.56 Å². The molecule has 0 N–H and O–H groups in total. The highest BCUT2D eigenvalue weighted by Gasteiger charge is 2.37. The van der Waals surface area contributed by atoms with Gasteiger partial charge < -0.3 is 0 Å². The Hall–Kier alpha value is -6.11. The second-order valence-electron chi connectivity index (χ2n) is 9.47. The highest BCUT2D eigenvalue weighted by atomic mass is 15.5. The van der Waals surface area contributed by atoms with Crippen molar-refractivity contribution in [3.05, 3.63) is 91.0 Å². The molecule has 0 bridgehead atoms. The molecule has 13 heteroatoms. The molecule has 0 amide bonds. The van der Waals surface area contributed by atoms with Crippen LogP contribution in [0.5, 0.6) is 0 Å². The summed E-state index contributed by atoms with van der Waals surface area (Å²) in [5, 5.41) is 0. The van der Waals surface area contributed by atoms with Gasteiger partial charge in [0, 0.05) is 0 Å². The maximum Gasteiger partial charge on any atom is 0.246 e. The van der Waals surface area contributed by atoms with E-state index in [0.29, 0.717) is 42.3 Å². The Kier molecular flexibility index (Phi) is 4.35. The molecule has 9 rings (SSSR count). The number of para-hydroxylation sites is 5. The molecule has 4 aliphatic rings. The predicted molar refractivity (Wildman–Crippen MR) is 158 cm³/mol. The topological polar surface area (TPSA) is 129 Å². The highest BCUT2D eigenvalue weighted by molar-refractivity contribution is 6.33. The van der Waals surface area contributed by atoms with Crippen molar-refractivity contribution < 1.29 is 0 Å². The van der Waals surface area contributed by atoms with Crippen LogP contribution >= 0.6 is 0 Å². The number of hydrogen-bond donors (Lipinski definition) is 0. The van der Waals surface area contributed by atoms with Crippen LogP contribution in [0.15, 0.2) is 120 Å². The summed E-state index contributed by atoms with van der Waals surface area (Å²) in [5.41, 5.74) is 5.39. The molecule has 13 nitrogen and oxygen atoms in total. The summed E-state index contributed by atoms with van der Waals surface area (Å²) in [5.74, 6) is 2.12. The number of imidazole rings is 2. The second kappa shape index (κ2) is 8.19. The number of guanidine groups is 4. The normalized spacial score (nSPS) is 17.4. The van der Waals surface area contributed by atoms with Crippen LogP contribution in [0.25, 0.3) is 22.1 Å². The van der Waals surface area contributed by atoms with Crippen molar-refractivity contribution in [3.63, 3.8) is 0 Å². The Morgan fingerprint density at radius 3 is 1.68 bits per heavy atom. The summed E-state index contributed by atoms with van der Waals surface area (Å²) in [6.45, 7) is 0.584. The molecule has 0 unspecified atom stereocenters. The van der Waals surface area contributed by atoms with E-state index in [9.17, 15) is 0 Å². The Labute approximate surface area is 231 Å². The van der Waals surface area contributed by atoms with Crippen LogP contribution in [0.4, 0.5) is 5.69 Å². The van der Waals surface area contributed by atoms with Crippen LogP contribution in [0.2, 0.25) is 0 Å². The van der Waals surface area contributed by atoms with Gasteiger partial charge in [0.05, 0.1) is 40.6 Å². The molecule has 0 aliphatic carbocycles. The van der Waals surface area contributed by atoms with Crippen molar-refractivity contribution in [2.45, 2.75) is 6.54 Å². The van der Waals surface area contributed by atoms with E-state index in [1.165, 1.54) is 0 Å². The monoisotopic (exact) mass is 535 g/mol.